The monoisotopic (exact) mass is 272 g/mol. The van der Waals surface area contributed by atoms with E-state index in [1.54, 1.807) is 12.4 Å². The topological polar surface area (TPSA) is 49.8 Å². The van der Waals surface area contributed by atoms with Gasteiger partial charge in [0, 0.05) is 37.4 Å². The SMILES string of the molecule is CCNCc1cccnc1.CNC(C)c1cccnc1. The van der Waals surface area contributed by atoms with Gasteiger partial charge in [-0.25, -0.2) is 0 Å². The van der Waals surface area contributed by atoms with Gasteiger partial charge < -0.3 is 10.6 Å². The van der Waals surface area contributed by atoms with E-state index < -0.39 is 0 Å². The standard InChI is InChI=1S/2C8H12N2/c1-7(9-2)8-4-3-5-10-6-8;1-2-9-6-8-4-3-5-10-7-8/h3-7,9H,1-2H3;3-5,7,9H,2,6H2,1H3. The second kappa shape index (κ2) is 10.1. The van der Waals surface area contributed by atoms with Crippen LogP contribution in [-0.4, -0.2) is 23.6 Å². The van der Waals surface area contributed by atoms with Crippen LogP contribution in [-0.2, 0) is 6.54 Å². The first-order valence-electron chi connectivity index (χ1n) is 6.94. The fourth-order valence-electron chi connectivity index (χ4n) is 1.57. The third kappa shape index (κ3) is 6.41. The number of hydrogen-bond donors (Lipinski definition) is 2. The van der Waals surface area contributed by atoms with Crippen molar-refractivity contribution in [3.8, 4) is 0 Å². The molecule has 0 amide bonds. The highest BCUT2D eigenvalue weighted by Crippen LogP contribution is 2.07. The summed E-state index contributed by atoms with van der Waals surface area (Å²) in [5.74, 6) is 0. The van der Waals surface area contributed by atoms with Crippen molar-refractivity contribution in [3.63, 3.8) is 0 Å². The van der Waals surface area contributed by atoms with Crippen LogP contribution in [0.1, 0.15) is 31.0 Å². The van der Waals surface area contributed by atoms with Crippen molar-refractivity contribution < 1.29 is 0 Å². The zero-order valence-electron chi connectivity index (χ0n) is 12.5. The van der Waals surface area contributed by atoms with Crippen LogP contribution in [0.15, 0.2) is 49.1 Å². The second-order valence-corrected chi connectivity index (χ2v) is 4.44. The summed E-state index contributed by atoms with van der Waals surface area (Å²) in [5.41, 5.74) is 2.47. The van der Waals surface area contributed by atoms with Gasteiger partial charge in [-0.1, -0.05) is 19.1 Å². The molecule has 0 aliphatic carbocycles. The Balaban J connectivity index is 0.000000200. The van der Waals surface area contributed by atoms with E-state index in [0.717, 1.165) is 13.1 Å². The smallest absolute Gasteiger partial charge is 0.0315 e. The summed E-state index contributed by atoms with van der Waals surface area (Å²) in [5, 5.41) is 6.37. The number of rotatable bonds is 5. The van der Waals surface area contributed by atoms with Crippen molar-refractivity contribution in [2.24, 2.45) is 0 Å². The van der Waals surface area contributed by atoms with Crippen molar-refractivity contribution in [3.05, 3.63) is 60.2 Å². The Morgan fingerprint density at radius 1 is 1.10 bits per heavy atom. The van der Waals surface area contributed by atoms with E-state index >= 15 is 0 Å². The van der Waals surface area contributed by atoms with E-state index in [9.17, 15) is 0 Å². The zero-order chi connectivity index (χ0) is 14.6. The molecule has 108 valence electrons. The Bertz CT molecular complexity index is 445. The van der Waals surface area contributed by atoms with Gasteiger partial charge in [-0.05, 0) is 43.8 Å². The predicted molar refractivity (Wildman–Crippen MR) is 83.3 cm³/mol. The quantitative estimate of drug-likeness (QED) is 0.878. The molecule has 4 nitrogen and oxygen atoms in total. The van der Waals surface area contributed by atoms with E-state index in [4.69, 9.17) is 0 Å². The zero-order valence-corrected chi connectivity index (χ0v) is 12.5. The molecule has 0 spiro atoms. The molecule has 1 atom stereocenters. The summed E-state index contributed by atoms with van der Waals surface area (Å²) in [7, 11) is 1.94. The highest BCUT2D eigenvalue weighted by atomic mass is 14.9. The van der Waals surface area contributed by atoms with Crippen molar-refractivity contribution in [1.29, 1.82) is 0 Å². The van der Waals surface area contributed by atoms with E-state index in [-0.39, 0.29) is 0 Å². The van der Waals surface area contributed by atoms with Crippen LogP contribution < -0.4 is 10.6 Å². The van der Waals surface area contributed by atoms with Gasteiger partial charge in [0.25, 0.3) is 0 Å². The molecule has 0 saturated heterocycles. The summed E-state index contributed by atoms with van der Waals surface area (Å²) < 4.78 is 0. The summed E-state index contributed by atoms with van der Waals surface area (Å²) in [6, 6.07) is 8.42. The number of nitrogens with zero attached hydrogens (tertiary/aromatic N) is 2. The van der Waals surface area contributed by atoms with Gasteiger partial charge in [-0.2, -0.15) is 0 Å². The van der Waals surface area contributed by atoms with Crippen molar-refractivity contribution >= 4 is 0 Å². The molecule has 0 radical (unpaired) electrons. The molecule has 0 aliphatic rings. The van der Waals surface area contributed by atoms with Crippen LogP contribution in [0.3, 0.4) is 0 Å². The first-order valence-corrected chi connectivity index (χ1v) is 6.94. The third-order valence-electron chi connectivity index (χ3n) is 2.92. The average molecular weight is 272 g/mol. The maximum atomic E-state index is 4.01. The number of pyridine rings is 2. The van der Waals surface area contributed by atoms with Gasteiger partial charge in [0.05, 0.1) is 0 Å². The Hall–Kier alpha value is -1.78. The number of aromatic nitrogens is 2. The maximum absolute atomic E-state index is 4.01. The number of hydrogen-bond acceptors (Lipinski definition) is 4. The van der Waals surface area contributed by atoms with Crippen LogP contribution >= 0.6 is 0 Å². The third-order valence-corrected chi connectivity index (χ3v) is 2.92. The van der Waals surface area contributed by atoms with Crippen molar-refractivity contribution in [2.75, 3.05) is 13.6 Å². The van der Waals surface area contributed by atoms with Crippen molar-refractivity contribution in [2.45, 2.75) is 26.4 Å². The van der Waals surface area contributed by atoms with Gasteiger partial charge in [0.15, 0.2) is 0 Å². The summed E-state index contributed by atoms with van der Waals surface area (Å²) in [6.45, 7) is 6.13. The molecule has 0 fully saturated rings. The molecule has 0 saturated carbocycles. The predicted octanol–water partition coefficient (Wildman–Crippen LogP) is 2.55. The average Bonchev–Trinajstić information content (AvgIpc) is 2.54. The lowest BCUT2D eigenvalue weighted by atomic mass is 10.1. The van der Waals surface area contributed by atoms with Gasteiger partial charge in [0.2, 0.25) is 0 Å². The summed E-state index contributed by atoms with van der Waals surface area (Å²) in [4.78, 5) is 8.01. The minimum Gasteiger partial charge on any atom is -0.313 e. The molecule has 2 aromatic heterocycles. The normalized spacial score (nSPS) is 11.3. The highest BCUT2D eigenvalue weighted by Gasteiger charge is 1.98. The molecule has 2 heterocycles. The minimum absolute atomic E-state index is 0.397. The lowest BCUT2D eigenvalue weighted by Gasteiger charge is -2.08. The number of nitrogens with one attached hydrogen (secondary N) is 2. The van der Waals surface area contributed by atoms with Crippen LogP contribution in [0.4, 0.5) is 0 Å². The Kier molecular flexibility index (Phi) is 8.19. The molecule has 2 aromatic rings. The molecule has 20 heavy (non-hydrogen) atoms. The minimum atomic E-state index is 0.397. The summed E-state index contributed by atoms with van der Waals surface area (Å²) in [6.07, 6.45) is 7.32. The van der Waals surface area contributed by atoms with Gasteiger partial charge in [-0.15, -0.1) is 0 Å². The fourth-order valence-corrected chi connectivity index (χ4v) is 1.57. The van der Waals surface area contributed by atoms with E-state index in [1.165, 1.54) is 11.1 Å². The van der Waals surface area contributed by atoms with E-state index in [1.807, 2.05) is 31.6 Å². The fraction of sp³-hybridized carbons (Fsp3) is 0.375. The lowest BCUT2D eigenvalue weighted by molar-refractivity contribution is 0.649. The van der Waals surface area contributed by atoms with Crippen LogP contribution in [0.2, 0.25) is 0 Å². The molecule has 0 bridgehead atoms. The first kappa shape index (κ1) is 16.3. The molecule has 2 rings (SSSR count). The molecule has 1 unspecified atom stereocenters. The second-order valence-electron chi connectivity index (χ2n) is 4.44. The molecule has 0 aromatic carbocycles. The van der Waals surface area contributed by atoms with E-state index in [2.05, 4.69) is 46.6 Å². The van der Waals surface area contributed by atoms with Crippen LogP contribution in [0, 0.1) is 0 Å². The Morgan fingerprint density at radius 3 is 2.30 bits per heavy atom. The van der Waals surface area contributed by atoms with Gasteiger partial charge in [0.1, 0.15) is 0 Å². The van der Waals surface area contributed by atoms with Crippen LogP contribution in [0.5, 0.6) is 0 Å². The van der Waals surface area contributed by atoms with Gasteiger partial charge >= 0.3 is 0 Å². The lowest BCUT2D eigenvalue weighted by Crippen LogP contribution is -2.12. The summed E-state index contributed by atoms with van der Waals surface area (Å²) >= 11 is 0. The van der Waals surface area contributed by atoms with E-state index in [0.29, 0.717) is 6.04 Å². The largest absolute Gasteiger partial charge is 0.313 e. The van der Waals surface area contributed by atoms with Crippen molar-refractivity contribution in [1.82, 2.24) is 20.6 Å². The molecule has 2 N–H and O–H groups in total. The Morgan fingerprint density at radius 2 is 1.80 bits per heavy atom. The molecular formula is C16H24N4. The molecule has 4 heteroatoms. The first-order chi connectivity index (χ1) is 9.77. The highest BCUT2D eigenvalue weighted by molar-refractivity contribution is 5.12. The Labute approximate surface area is 121 Å². The van der Waals surface area contributed by atoms with Gasteiger partial charge in [-0.3, -0.25) is 9.97 Å². The molecule has 0 aliphatic heterocycles. The van der Waals surface area contributed by atoms with Crippen LogP contribution in [0.25, 0.3) is 0 Å². The maximum Gasteiger partial charge on any atom is 0.0315 e. The molecular weight excluding hydrogens is 248 g/mol.